The first kappa shape index (κ1) is 10.4. The Morgan fingerprint density at radius 2 is 2.27 bits per heavy atom. The molecule has 0 spiro atoms. The van der Waals surface area contributed by atoms with Crippen LogP contribution in [0.15, 0.2) is 18.2 Å². The van der Waals surface area contributed by atoms with E-state index < -0.39 is 11.6 Å². The van der Waals surface area contributed by atoms with Gasteiger partial charge in [0.2, 0.25) is 5.82 Å². The predicted molar refractivity (Wildman–Crippen MR) is 52.9 cm³/mol. The topological polar surface area (TPSA) is 21.3 Å². The number of hydrogen-bond acceptors (Lipinski definition) is 2. The Bertz CT molecular complexity index is 337. The van der Waals surface area contributed by atoms with Crippen molar-refractivity contribution >= 4 is 0 Å². The van der Waals surface area contributed by atoms with Crippen molar-refractivity contribution in [2.45, 2.75) is 18.9 Å². The highest BCUT2D eigenvalue weighted by atomic mass is 19.2. The maximum Gasteiger partial charge on any atom is 0.200 e. The largest absolute Gasteiger partial charge is 0.489 e. The molecule has 2 rings (SSSR count). The summed E-state index contributed by atoms with van der Waals surface area (Å²) in [5.41, 5.74) is 0. The number of rotatable bonds is 3. The van der Waals surface area contributed by atoms with Crippen molar-refractivity contribution in [3.05, 3.63) is 29.8 Å². The molecule has 1 atom stereocenters. The first-order valence-electron chi connectivity index (χ1n) is 5.07. The van der Waals surface area contributed by atoms with Crippen LogP contribution in [0, 0.1) is 11.6 Å². The van der Waals surface area contributed by atoms with E-state index in [4.69, 9.17) is 4.74 Å². The molecule has 0 bridgehead atoms. The summed E-state index contributed by atoms with van der Waals surface area (Å²) >= 11 is 0. The molecular weight excluding hydrogens is 200 g/mol. The van der Waals surface area contributed by atoms with Gasteiger partial charge in [-0.3, -0.25) is 0 Å². The monoisotopic (exact) mass is 213 g/mol. The number of benzene rings is 1. The molecule has 15 heavy (non-hydrogen) atoms. The Morgan fingerprint density at radius 3 is 3.00 bits per heavy atom. The van der Waals surface area contributed by atoms with Gasteiger partial charge >= 0.3 is 0 Å². The van der Waals surface area contributed by atoms with Gasteiger partial charge < -0.3 is 10.1 Å². The Kier molecular flexibility index (Phi) is 3.16. The maximum atomic E-state index is 13.2. The maximum absolute atomic E-state index is 13.2. The first-order chi connectivity index (χ1) is 7.27. The molecule has 82 valence electrons. The predicted octanol–water partition coefficient (Wildman–Crippen LogP) is 2.10. The number of nitrogens with one attached hydrogen (secondary N) is 1. The van der Waals surface area contributed by atoms with Crippen molar-refractivity contribution < 1.29 is 13.5 Å². The Balaban J connectivity index is 1.95. The second kappa shape index (κ2) is 4.57. The van der Waals surface area contributed by atoms with Crippen molar-refractivity contribution in [1.82, 2.24) is 5.32 Å². The highest BCUT2D eigenvalue weighted by Gasteiger charge is 2.16. The molecule has 1 aromatic carbocycles. The molecule has 0 amide bonds. The summed E-state index contributed by atoms with van der Waals surface area (Å²) < 4.78 is 31.2. The molecule has 1 heterocycles. The third kappa shape index (κ3) is 2.45. The van der Waals surface area contributed by atoms with E-state index in [-0.39, 0.29) is 11.8 Å². The van der Waals surface area contributed by atoms with E-state index in [1.807, 2.05) is 0 Å². The van der Waals surface area contributed by atoms with Crippen LogP contribution in [0.5, 0.6) is 5.75 Å². The summed E-state index contributed by atoms with van der Waals surface area (Å²) in [6.45, 7) is 1.36. The molecule has 1 saturated heterocycles. The zero-order valence-corrected chi connectivity index (χ0v) is 8.30. The lowest BCUT2D eigenvalue weighted by atomic mass is 10.2. The highest BCUT2D eigenvalue weighted by molar-refractivity contribution is 5.25. The van der Waals surface area contributed by atoms with Gasteiger partial charge in [-0.1, -0.05) is 6.07 Å². The average molecular weight is 213 g/mol. The van der Waals surface area contributed by atoms with Gasteiger partial charge in [0, 0.05) is 6.04 Å². The van der Waals surface area contributed by atoms with Gasteiger partial charge in [-0.25, -0.2) is 4.39 Å². The van der Waals surface area contributed by atoms with E-state index in [9.17, 15) is 8.78 Å². The van der Waals surface area contributed by atoms with Gasteiger partial charge in [0.25, 0.3) is 0 Å². The molecule has 1 N–H and O–H groups in total. The summed E-state index contributed by atoms with van der Waals surface area (Å²) in [6.07, 6.45) is 2.14. The quantitative estimate of drug-likeness (QED) is 0.830. The van der Waals surface area contributed by atoms with Crippen LogP contribution in [0.4, 0.5) is 8.78 Å². The molecule has 1 aliphatic heterocycles. The van der Waals surface area contributed by atoms with E-state index in [0.29, 0.717) is 6.61 Å². The molecular formula is C11H13F2NO. The van der Waals surface area contributed by atoms with Gasteiger partial charge in [-0.15, -0.1) is 0 Å². The number of halogens is 2. The normalized spacial score (nSPS) is 20.5. The molecule has 0 aliphatic carbocycles. The first-order valence-corrected chi connectivity index (χ1v) is 5.07. The average Bonchev–Trinajstić information content (AvgIpc) is 2.73. The van der Waals surface area contributed by atoms with Crippen LogP contribution in [0.1, 0.15) is 12.8 Å². The van der Waals surface area contributed by atoms with Crippen molar-refractivity contribution in [2.24, 2.45) is 0 Å². The minimum absolute atomic E-state index is 0.0105. The second-order valence-electron chi connectivity index (χ2n) is 3.66. The zero-order valence-electron chi connectivity index (χ0n) is 8.30. The van der Waals surface area contributed by atoms with Gasteiger partial charge in [0.15, 0.2) is 11.6 Å². The fourth-order valence-corrected chi connectivity index (χ4v) is 1.68. The van der Waals surface area contributed by atoms with Crippen molar-refractivity contribution in [2.75, 3.05) is 13.2 Å². The standard InChI is InChI=1S/C11H13F2NO/c12-9-4-1-5-10(11(9)13)15-7-8-3-2-6-14-8/h1,4-5,8,14H,2-3,6-7H2/t8-/m1/s1. The van der Waals surface area contributed by atoms with E-state index in [1.165, 1.54) is 12.1 Å². The fourth-order valence-electron chi connectivity index (χ4n) is 1.68. The van der Waals surface area contributed by atoms with Gasteiger partial charge in [-0.05, 0) is 31.5 Å². The van der Waals surface area contributed by atoms with Crippen LogP contribution in [-0.2, 0) is 0 Å². The van der Waals surface area contributed by atoms with Crippen molar-refractivity contribution in [1.29, 1.82) is 0 Å². The van der Waals surface area contributed by atoms with Crippen LogP contribution >= 0.6 is 0 Å². The molecule has 1 aliphatic rings. The van der Waals surface area contributed by atoms with Gasteiger partial charge in [0.1, 0.15) is 6.61 Å². The van der Waals surface area contributed by atoms with Gasteiger partial charge in [0.05, 0.1) is 0 Å². The third-order valence-electron chi connectivity index (χ3n) is 2.52. The Morgan fingerprint density at radius 1 is 1.40 bits per heavy atom. The van der Waals surface area contributed by atoms with Crippen LogP contribution in [0.25, 0.3) is 0 Å². The lowest BCUT2D eigenvalue weighted by molar-refractivity contribution is 0.261. The summed E-state index contributed by atoms with van der Waals surface area (Å²) in [7, 11) is 0. The lowest BCUT2D eigenvalue weighted by Gasteiger charge is -2.12. The minimum Gasteiger partial charge on any atom is -0.489 e. The fraction of sp³-hybridized carbons (Fsp3) is 0.455. The van der Waals surface area contributed by atoms with Gasteiger partial charge in [-0.2, -0.15) is 4.39 Å². The molecule has 1 fully saturated rings. The second-order valence-corrected chi connectivity index (χ2v) is 3.66. The summed E-state index contributed by atoms with van der Waals surface area (Å²) in [4.78, 5) is 0. The van der Waals surface area contributed by atoms with E-state index >= 15 is 0 Å². The van der Waals surface area contributed by atoms with Crippen LogP contribution in [0.3, 0.4) is 0 Å². The number of ether oxygens (including phenoxy) is 1. The molecule has 1 aromatic rings. The Labute approximate surface area is 87.2 Å². The van der Waals surface area contributed by atoms with Crippen LogP contribution in [-0.4, -0.2) is 19.2 Å². The zero-order chi connectivity index (χ0) is 10.7. The highest BCUT2D eigenvalue weighted by Crippen LogP contribution is 2.19. The smallest absolute Gasteiger partial charge is 0.200 e. The van der Waals surface area contributed by atoms with E-state index in [0.717, 1.165) is 25.5 Å². The molecule has 0 radical (unpaired) electrons. The van der Waals surface area contributed by atoms with Crippen LogP contribution in [0.2, 0.25) is 0 Å². The number of hydrogen-bond donors (Lipinski definition) is 1. The van der Waals surface area contributed by atoms with E-state index in [1.54, 1.807) is 0 Å². The Hall–Kier alpha value is -1.16. The molecule has 4 heteroatoms. The summed E-state index contributed by atoms with van der Waals surface area (Å²) in [5.74, 6) is -1.79. The van der Waals surface area contributed by atoms with E-state index in [2.05, 4.69) is 5.32 Å². The minimum atomic E-state index is -0.907. The SMILES string of the molecule is Fc1cccc(OC[C@H]2CCCN2)c1F. The van der Waals surface area contributed by atoms with Crippen molar-refractivity contribution in [3.8, 4) is 5.75 Å². The summed E-state index contributed by atoms with van der Waals surface area (Å²) in [5, 5.41) is 3.22. The molecule has 0 saturated carbocycles. The lowest BCUT2D eigenvalue weighted by Crippen LogP contribution is -2.28. The molecule has 0 unspecified atom stereocenters. The van der Waals surface area contributed by atoms with Crippen molar-refractivity contribution in [3.63, 3.8) is 0 Å². The third-order valence-corrected chi connectivity index (χ3v) is 2.52. The van der Waals surface area contributed by atoms with Crippen LogP contribution < -0.4 is 10.1 Å². The molecule has 0 aromatic heterocycles. The summed E-state index contributed by atoms with van der Waals surface area (Å²) in [6, 6.07) is 4.21. The molecule has 2 nitrogen and oxygen atoms in total.